The van der Waals surface area contributed by atoms with Crippen LogP contribution in [0.25, 0.3) is 0 Å². The largest absolute Gasteiger partial charge is 0.379 e. The minimum Gasteiger partial charge on any atom is -0.379 e. The molecule has 1 heterocycles. The summed E-state index contributed by atoms with van der Waals surface area (Å²) >= 11 is 0. The Morgan fingerprint density at radius 3 is 2.75 bits per heavy atom. The Labute approximate surface area is 169 Å². The molecule has 5 heteroatoms. The maximum absolute atomic E-state index is 12.8. The predicted octanol–water partition coefficient (Wildman–Crippen LogP) is 2.76. The van der Waals surface area contributed by atoms with Gasteiger partial charge in [0.05, 0.1) is 19.8 Å². The topological polar surface area (TPSA) is 44.8 Å². The van der Waals surface area contributed by atoms with Gasteiger partial charge in [0.15, 0.2) is 0 Å². The lowest BCUT2D eigenvalue weighted by atomic mass is 9.79. The monoisotopic (exact) mass is 385 g/mol. The second-order valence-corrected chi connectivity index (χ2v) is 8.83. The highest BCUT2D eigenvalue weighted by molar-refractivity contribution is 5.78. The number of carbonyl (C=O) groups is 1. The van der Waals surface area contributed by atoms with E-state index in [-0.39, 0.29) is 11.4 Å². The van der Waals surface area contributed by atoms with E-state index in [4.69, 9.17) is 4.74 Å². The molecule has 5 nitrogen and oxygen atoms in total. The highest BCUT2D eigenvalue weighted by atomic mass is 16.5. The Bertz CT molecular complexity index is 666. The molecule has 0 aromatic heterocycles. The molecular formula is C23H35N3O2. The summed E-state index contributed by atoms with van der Waals surface area (Å²) in [6.45, 7) is 4.88. The lowest BCUT2D eigenvalue weighted by Crippen LogP contribution is -2.60. The number of benzene rings is 1. The molecule has 1 saturated heterocycles. The summed E-state index contributed by atoms with van der Waals surface area (Å²) < 4.78 is 5.56. The van der Waals surface area contributed by atoms with Gasteiger partial charge in [-0.2, -0.15) is 0 Å². The van der Waals surface area contributed by atoms with Crippen LogP contribution in [0.4, 0.5) is 0 Å². The lowest BCUT2D eigenvalue weighted by Gasteiger charge is -2.48. The summed E-state index contributed by atoms with van der Waals surface area (Å²) in [5.74, 6) is 0.157. The number of rotatable bonds is 6. The molecule has 2 fully saturated rings. The van der Waals surface area contributed by atoms with Crippen LogP contribution in [0.15, 0.2) is 24.3 Å². The van der Waals surface area contributed by atoms with Crippen LogP contribution in [-0.4, -0.2) is 67.7 Å². The maximum atomic E-state index is 12.8. The second-order valence-electron chi connectivity index (χ2n) is 8.83. The summed E-state index contributed by atoms with van der Waals surface area (Å²) in [5.41, 5.74) is 2.97. The van der Waals surface area contributed by atoms with Gasteiger partial charge in [-0.15, -0.1) is 0 Å². The number of carbonyl (C=O) groups excluding carboxylic acids is 1. The Balaban J connectivity index is 1.34. The zero-order chi connectivity index (χ0) is 19.4. The van der Waals surface area contributed by atoms with Crippen molar-refractivity contribution < 1.29 is 9.53 Å². The molecule has 1 aliphatic heterocycles. The van der Waals surface area contributed by atoms with Gasteiger partial charge in [0, 0.05) is 31.2 Å². The van der Waals surface area contributed by atoms with Crippen LogP contribution in [0.5, 0.6) is 0 Å². The number of likely N-dealkylation sites (N-methyl/N-ethyl adjacent to an activating group) is 1. The molecule has 2 aliphatic carbocycles. The lowest BCUT2D eigenvalue weighted by molar-refractivity contribution is -0.123. The normalized spacial score (nSPS) is 24.9. The van der Waals surface area contributed by atoms with E-state index in [9.17, 15) is 4.79 Å². The molecule has 154 valence electrons. The first-order valence-electron chi connectivity index (χ1n) is 11.1. The number of ether oxygens (including phenoxy) is 1. The predicted molar refractivity (Wildman–Crippen MR) is 111 cm³/mol. The number of morpholine rings is 1. The Morgan fingerprint density at radius 2 is 1.96 bits per heavy atom. The fraction of sp³-hybridized carbons (Fsp3) is 0.696. The average molecular weight is 386 g/mol. The summed E-state index contributed by atoms with van der Waals surface area (Å²) in [4.78, 5) is 17.6. The van der Waals surface area contributed by atoms with E-state index in [2.05, 4.69) is 46.4 Å². The van der Waals surface area contributed by atoms with E-state index < -0.39 is 0 Å². The van der Waals surface area contributed by atoms with E-state index >= 15 is 0 Å². The molecule has 0 radical (unpaired) electrons. The fourth-order valence-electron chi connectivity index (χ4n) is 5.50. The second kappa shape index (κ2) is 8.93. The number of amides is 1. The molecule has 1 atom stereocenters. The van der Waals surface area contributed by atoms with Crippen molar-refractivity contribution in [1.29, 1.82) is 0 Å². The van der Waals surface area contributed by atoms with Crippen LogP contribution >= 0.6 is 0 Å². The number of hydrogen-bond acceptors (Lipinski definition) is 4. The van der Waals surface area contributed by atoms with Crippen LogP contribution in [0.1, 0.15) is 55.7 Å². The smallest absolute Gasteiger partial charge is 0.234 e. The van der Waals surface area contributed by atoms with Gasteiger partial charge in [-0.25, -0.2) is 0 Å². The van der Waals surface area contributed by atoms with Crippen molar-refractivity contribution in [2.45, 2.75) is 56.5 Å². The molecule has 1 amide bonds. The van der Waals surface area contributed by atoms with Gasteiger partial charge in [0.2, 0.25) is 5.91 Å². The number of nitrogens with zero attached hydrogens (tertiary/aromatic N) is 2. The van der Waals surface area contributed by atoms with Crippen LogP contribution in [-0.2, 0) is 16.0 Å². The summed E-state index contributed by atoms with van der Waals surface area (Å²) in [7, 11) is 2.09. The van der Waals surface area contributed by atoms with E-state index in [1.165, 1.54) is 43.2 Å². The highest BCUT2D eigenvalue weighted by Gasteiger charge is 2.39. The van der Waals surface area contributed by atoms with Gasteiger partial charge >= 0.3 is 0 Å². The maximum Gasteiger partial charge on any atom is 0.234 e. The molecule has 1 aromatic carbocycles. The van der Waals surface area contributed by atoms with Crippen molar-refractivity contribution in [1.82, 2.24) is 15.1 Å². The highest BCUT2D eigenvalue weighted by Crippen LogP contribution is 2.35. The molecule has 1 aromatic rings. The first-order chi connectivity index (χ1) is 13.7. The number of aryl methyl sites for hydroxylation is 1. The zero-order valence-corrected chi connectivity index (χ0v) is 17.3. The van der Waals surface area contributed by atoms with Crippen LogP contribution in [0.3, 0.4) is 0 Å². The molecule has 0 spiro atoms. The van der Waals surface area contributed by atoms with Crippen molar-refractivity contribution >= 4 is 5.91 Å². The molecule has 4 rings (SSSR count). The Kier molecular flexibility index (Phi) is 6.34. The van der Waals surface area contributed by atoms with Gasteiger partial charge in [-0.1, -0.05) is 43.5 Å². The van der Waals surface area contributed by atoms with Crippen molar-refractivity contribution in [3.05, 3.63) is 35.4 Å². The summed E-state index contributed by atoms with van der Waals surface area (Å²) in [5, 5.41) is 3.31. The van der Waals surface area contributed by atoms with Crippen LogP contribution in [0.2, 0.25) is 0 Å². The molecule has 3 aliphatic rings. The summed E-state index contributed by atoms with van der Waals surface area (Å²) in [6.07, 6.45) is 8.48. The van der Waals surface area contributed by atoms with Crippen molar-refractivity contribution in [3.8, 4) is 0 Å². The fourth-order valence-corrected chi connectivity index (χ4v) is 5.50. The van der Waals surface area contributed by atoms with E-state index in [1.54, 1.807) is 0 Å². The van der Waals surface area contributed by atoms with Gasteiger partial charge < -0.3 is 10.1 Å². The standard InChI is InChI=1S/C23H35N3O2/c1-25(21-10-9-19-7-3-4-8-20(19)21)17-22(27)24-18-23(11-5-2-6-12-23)26-13-15-28-16-14-26/h3-4,7-8,21H,2,5-6,9-18H2,1H3,(H,24,27). The van der Waals surface area contributed by atoms with Crippen LogP contribution < -0.4 is 5.32 Å². The minimum atomic E-state index is 0.135. The van der Waals surface area contributed by atoms with Gasteiger partial charge in [0.25, 0.3) is 0 Å². The molecule has 1 saturated carbocycles. The van der Waals surface area contributed by atoms with Crippen molar-refractivity contribution in [3.63, 3.8) is 0 Å². The van der Waals surface area contributed by atoms with Gasteiger partial charge in [-0.3, -0.25) is 14.6 Å². The SMILES string of the molecule is CN(CC(=O)NCC1(N2CCOCC2)CCCCC1)C1CCc2ccccc21. The van der Waals surface area contributed by atoms with Gasteiger partial charge in [0.1, 0.15) is 0 Å². The molecule has 1 unspecified atom stereocenters. The van der Waals surface area contributed by atoms with E-state index in [1.807, 2.05) is 0 Å². The Morgan fingerprint density at radius 1 is 1.21 bits per heavy atom. The third-order valence-corrected chi connectivity index (χ3v) is 7.11. The quantitative estimate of drug-likeness (QED) is 0.818. The molecular weight excluding hydrogens is 350 g/mol. The first-order valence-corrected chi connectivity index (χ1v) is 11.1. The summed E-state index contributed by atoms with van der Waals surface area (Å²) in [6, 6.07) is 9.03. The minimum absolute atomic E-state index is 0.135. The zero-order valence-electron chi connectivity index (χ0n) is 17.3. The Hall–Kier alpha value is -1.43. The van der Waals surface area contributed by atoms with E-state index in [0.29, 0.717) is 12.6 Å². The molecule has 1 N–H and O–H groups in total. The van der Waals surface area contributed by atoms with Crippen molar-refractivity contribution in [2.24, 2.45) is 0 Å². The number of fused-ring (bicyclic) bond motifs is 1. The average Bonchev–Trinajstić information content (AvgIpc) is 3.18. The number of nitrogens with one attached hydrogen (secondary N) is 1. The third kappa shape index (κ3) is 4.27. The van der Waals surface area contributed by atoms with E-state index in [0.717, 1.165) is 45.7 Å². The number of hydrogen-bond donors (Lipinski definition) is 1. The van der Waals surface area contributed by atoms with Crippen LogP contribution in [0, 0.1) is 0 Å². The molecule has 0 bridgehead atoms. The first kappa shape index (κ1) is 19.9. The molecule has 28 heavy (non-hydrogen) atoms. The third-order valence-electron chi connectivity index (χ3n) is 7.11. The van der Waals surface area contributed by atoms with Gasteiger partial charge in [-0.05, 0) is 43.9 Å². The van der Waals surface area contributed by atoms with Crippen molar-refractivity contribution in [2.75, 3.05) is 46.4 Å².